The standard InChI is InChI=1S/C21H37NOS2/c1-5-19(22-25(23)20(2,3)4)21(14-16-6-7-16)12-10-18(11-13-21)24-15-17-8-9-17/h5,16-19,22H,1,6-15H2,2-4H3/t18-,19?,21+,25?. The van der Waals surface area contributed by atoms with Gasteiger partial charge in [-0.2, -0.15) is 11.8 Å². The first-order valence-corrected chi connectivity index (χ1v) is 12.4. The van der Waals surface area contributed by atoms with Crippen LogP contribution in [0.5, 0.6) is 0 Å². The van der Waals surface area contributed by atoms with E-state index in [1.54, 1.807) is 0 Å². The van der Waals surface area contributed by atoms with Crippen molar-refractivity contribution in [3.63, 3.8) is 0 Å². The molecule has 0 radical (unpaired) electrons. The normalized spacial score (nSPS) is 33.0. The number of hydrogen-bond donors (Lipinski definition) is 1. The summed E-state index contributed by atoms with van der Waals surface area (Å²) in [6.45, 7) is 10.3. The number of rotatable bonds is 9. The molecule has 0 aromatic rings. The topological polar surface area (TPSA) is 35.1 Å². The predicted molar refractivity (Wildman–Crippen MR) is 112 cm³/mol. The highest BCUT2D eigenvalue weighted by molar-refractivity contribution is 7.99. The van der Waals surface area contributed by atoms with Crippen molar-refractivity contribution in [2.45, 2.75) is 94.6 Å². The Morgan fingerprint density at radius 3 is 2.24 bits per heavy atom. The quantitative estimate of drug-likeness (QED) is 0.424. The van der Waals surface area contributed by atoms with Crippen LogP contribution in [0.25, 0.3) is 0 Å². The van der Waals surface area contributed by atoms with E-state index in [4.69, 9.17) is 0 Å². The van der Waals surface area contributed by atoms with Crippen molar-refractivity contribution < 1.29 is 4.55 Å². The number of hydrogen-bond acceptors (Lipinski definition) is 3. The van der Waals surface area contributed by atoms with Gasteiger partial charge in [-0.3, -0.25) is 0 Å². The molecule has 3 saturated carbocycles. The molecule has 3 rings (SSSR count). The van der Waals surface area contributed by atoms with Gasteiger partial charge in [0, 0.05) is 16.6 Å². The molecule has 0 spiro atoms. The molecular formula is C21H37NOS2. The smallest absolute Gasteiger partial charge is 0.136 e. The molecule has 2 atom stereocenters. The van der Waals surface area contributed by atoms with E-state index in [2.05, 4.69) is 49.9 Å². The molecule has 3 fully saturated rings. The molecule has 3 aliphatic carbocycles. The summed E-state index contributed by atoms with van der Waals surface area (Å²) in [4.78, 5) is 0. The summed E-state index contributed by atoms with van der Waals surface area (Å²) in [5.74, 6) is 3.32. The lowest BCUT2D eigenvalue weighted by molar-refractivity contribution is 0.137. The van der Waals surface area contributed by atoms with E-state index in [1.165, 1.54) is 63.5 Å². The second kappa shape index (κ2) is 8.16. The van der Waals surface area contributed by atoms with Gasteiger partial charge >= 0.3 is 0 Å². The third-order valence-corrected chi connectivity index (χ3v) is 9.46. The van der Waals surface area contributed by atoms with Crippen LogP contribution in [0.2, 0.25) is 0 Å². The first-order chi connectivity index (χ1) is 11.8. The van der Waals surface area contributed by atoms with Gasteiger partial charge in [-0.1, -0.05) is 18.9 Å². The number of thioether (sulfide) groups is 1. The van der Waals surface area contributed by atoms with Crippen LogP contribution >= 0.6 is 11.8 Å². The minimum Gasteiger partial charge on any atom is -0.598 e. The summed E-state index contributed by atoms with van der Waals surface area (Å²) in [7, 11) is 0. The van der Waals surface area contributed by atoms with Crippen LogP contribution in [0.15, 0.2) is 12.7 Å². The third kappa shape index (κ3) is 5.67. The van der Waals surface area contributed by atoms with Crippen molar-refractivity contribution in [2.75, 3.05) is 5.75 Å². The minimum atomic E-state index is -1.03. The zero-order chi connectivity index (χ0) is 18.1. The van der Waals surface area contributed by atoms with Crippen LogP contribution in [0.1, 0.15) is 78.6 Å². The zero-order valence-corrected chi connectivity index (χ0v) is 18.0. The fraction of sp³-hybridized carbons (Fsp3) is 0.905. The summed E-state index contributed by atoms with van der Waals surface area (Å²) in [6.07, 6.45) is 14.3. The number of nitrogens with one attached hydrogen (secondary N) is 1. The molecule has 0 bridgehead atoms. The summed E-state index contributed by atoms with van der Waals surface area (Å²) >= 11 is 1.21. The van der Waals surface area contributed by atoms with Crippen molar-refractivity contribution in [1.29, 1.82) is 0 Å². The highest BCUT2D eigenvalue weighted by Gasteiger charge is 2.46. The van der Waals surface area contributed by atoms with Crippen molar-refractivity contribution in [3.8, 4) is 0 Å². The lowest BCUT2D eigenvalue weighted by Crippen LogP contribution is -2.52. The van der Waals surface area contributed by atoms with E-state index >= 15 is 0 Å². The van der Waals surface area contributed by atoms with Gasteiger partial charge in [-0.25, -0.2) is 0 Å². The molecule has 0 aromatic carbocycles. The highest BCUT2D eigenvalue weighted by atomic mass is 32.2. The lowest BCUT2D eigenvalue weighted by atomic mass is 9.66. The summed E-state index contributed by atoms with van der Waals surface area (Å²) in [5, 5.41) is 0.853. The molecule has 4 heteroatoms. The molecule has 3 aliphatic rings. The SMILES string of the molecule is C=CC(N[S+]([O-])C(C)(C)C)[C@]1(CC2CC2)CC[C@H](SCC2CC2)CC1. The van der Waals surface area contributed by atoms with E-state index in [0.717, 1.165) is 17.1 Å². The van der Waals surface area contributed by atoms with Gasteiger partial charge in [0.2, 0.25) is 0 Å². The maximum Gasteiger partial charge on any atom is 0.136 e. The predicted octanol–water partition coefficient (Wildman–Crippen LogP) is 5.47. The Kier molecular flexibility index (Phi) is 6.56. The van der Waals surface area contributed by atoms with Crippen LogP contribution in [0.4, 0.5) is 0 Å². The van der Waals surface area contributed by atoms with E-state index in [-0.39, 0.29) is 16.2 Å². The molecule has 0 aromatic heterocycles. The van der Waals surface area contributed by atoms with E-state index in [0.29, 0.717) is 0 Å². The fourth-order valence-electron chi connectivity index (χ4n) is 4.14. The largest absolute Gasteiger partial charge is 0.598 e. The fourth-order valence-corrected chi connectivity index (χ4v) is 6.52. The first kappa shape index (κ1) is 20.1. The van der Waals surface area contributed by atoms with Crippen molar-refractivity contribution in [1.82, 2.24) is 4.72 Å². The zero-order valence-electron chi connectivity index (χ0n) is 16.4. The average molecular weight is 384 g/mol. The molecule has 0 aliphatic heterocycles. The van der Waals surface area contributed by atoms with Gasteiger partial charge in [0.05, 0.1) is 6.04 Å². The molecule has 2 nitrogen and oxygen atoms in total. The van der Waals surface area contributed by atoms with Gasteiger partial charge < -0.3 is 4.55 Å². The molecule has 0 saturated heterocycles. The monoisotopic (exact) mass is 383 g/mol. The van der Waals surface area contributed by atoms with Gasteiger partial charge in [-0.15, -0.1) is 11.3 Å². The summed E-state index contributed by atoms with van der Waals surface area (Å²) in [6, 6.07) is 0.183. The Morgan fingerprint density at radius 1 is 1.16 bits per heavy atom. The van der Waals surface area contributed by atoms with E-state index in [9.17, 15) is 4.55 Å². The maximum absolute atomic E-state index is 12.7. The Labute approximate surface area is 162 Å². The van der Waals surface area contributed by atoms with Crippen molar-refractivity contribution >= 4 is 23.1 Å². The lowest BCUT2D eigenvalue weighted by Gasteiger charge is -2.45. The summed E-state index contributed by atoms with van der Waals surface area (Å²) < 4.78 is 16.0. The minimum absolute atomic E-state index is 0.183. The van der Waals surface area contributed by atoms with Crippen LogP contribution in [-0.2, 0) is 11.4 Å². The van der Waals surface area contributed by atoms with Gasteiger partial charge in [0.15, 0.2) is 0 Å². The second-order valence-electron chi connectivity index (χ2n) is 9.70. The van der Waals surface area contributed by atoms with Gasteiger partial charge in [0.25, 0.3) is 0 Å². The molecule has 1 N–H and O–H groups in total. The Bertz CT molecular complexity index is 445. The Balaban J connectivity index is 1.61. The van der Waals surface area contributed by atoms with Crippen molar-refractivity contribution in [2.24, 2.45) is 17.3 Å². The highest BCUT2D eigenvalue weighted by Crippen LogP contribution is 2.52. The maximum atomic E-state index is 12.7. The van der Waals surface area contributed by atoms with Gasteiger partial charge in [0.1, 0.15) is 4.75 Å². The molecule has 25 heavy (non-hydrogen) atoms. The average Bonchev–Trinajstić information content (AvgIpc) is 3.46. The van der Waals surface area contributed by atoms with Crippen LogP contribution < -0.4 is 4.72 Å². The molecule has 2 unspecified atom stereocenters. The Hall–Kier alpha value is 0.360. The molecular weight excluding hydrogens is 346 g/mol. The van der Waals surface area contributed by atoms with Crippen LogP contribution in [0, 0.1) is 17.3 Å². The molecule has 0 heterocycles. The van der Waals surface area contributed by atoms with Gasteiger partial charge in [-0.05, 0) is 88.7 Å². The van der Waals surface area contributed by atoms with E-state index < -0.39 is 11.4 Å². The first-order valence-electron chi connectivity index (χ1n) is 10.2. The van der Waals surface area contributed by atoms with E-state index in [1.807, 2.05) is 0 Å². The van der Waals surface area contributed by atoms with Crippen molar-refractivity contribution in [3.05, 3.63) is 12.7 Å². The molecule has 144 valence electrons. The Morgan fingerprint density at radius 2 is 1.76 bits per heavy atom. The summed E-state index contributed by atoms with van der Waals surface area (Å²) in [5.41, 5.74) is 0.278. The van der Waals surface area contributed by atoms with Crippen LogP contribution in [0.3, 0.4) is 0 Å². The van der Waals surface area contributed by atoms with Crippen LogP contribution in [-0.4, -0.2) is 26.3 Å². The third-order valence-electron chi connectivity index (χ3n) is 6.27. The molecule has 0 amide bonds. The second-order valence-corrected chi connectivity index (χ2v) is 13.0.